The smallest absolute Gasteiger partial charge is 0.232 e. The van der Waals surface area contributed by atoms with Gasteiger partial charge in [0.25, 0.3) is 0 Å². The van der Waals surface area contributed by atoms with Crippen molar-refractivity contribution >= 4 is 41.3 Å². The third-order valence-corrected chi connectivity index (χ3v) is 3.97. The van der Waals surface area contributed by atoms with Gasteiger partial charge < -0.3 is 15.2 Å². The Morgan fingerprint density at radius 3 is 2.48 bits per heavy atom. The lowest BCUT2D eigenvalue weighted by Gasteiger charge is -2.11. The standard InChI is InChI=1S/C15H23N5OS.HI/c1-10-6-7-11(22-10)8-17-14(16-5)18-9-12-19-13(21-20-12)15(2,3)4;/h6-7H,8-9H2,1-5H3,(H2,16,17,18);1H. The normalized spacial score (nSPS) is 12.0. The summed E-state index contributed by atoms with van der Waals surface area (Å²) < 4.78 is 5.27. The van der Waals surface area contributed by atoms with Gasteiger partial charge in [-0.15, -0.1) is 35.3 Å². The number of hydrogen-bond acceptors (Lipinski definition) is 5. The number of thiophene rings is 1. The Kier molecular flexibility index (Phi) is 7.46. The van der Waals surface area contributed by atoms with Crippen molar-refractivity contribution in [1.29, 1.82) is 0 Å². The molecule has 2 N–H and O–H groups in total. The molecule has 0 aliphatic rings. The van der Waals surface area contributed by atoms with Crippen molar-refractivity contribution in [2.45, 2.75) is 46.2 Å². The summed E-state index contributed by atoms with van der Waals surface area (Å²) in [7, 11) is 1.74. The molecular formula is C15H24IN5OS. The highest BCUT2D eigenvalue weighted by Gasteiger charge is 2.21. The van der Waals surface area contributed by atoms with Crippen molar-refractivity contribution in [3.63, 3.8) is 0 Å². The molecule has 0 unspecified atom stereocenters. The van der Waals surface area contributed by atoms with Crippen molar-refractivity contribution in [2.24, 2.45) is 4.99 Å². The Bertz CT molecular complexity index is 644. The predicted molar refractivity (Wildman–Crippen MR) is 105 cm³/mol. The van der Waals surface area contributed by atoms with E-state index in [-0.39, 0.29) is 29.4 Å². The molecule has 0 amide bonds. The van der Waals surface area contributed by atoms with E-state index in [9.17, 15) is 0 Å². The maximum absolute atomic E-state index is 5.27. The van der Waals surface area contributed by atoms with Crippen molar-refractivity contribution in [2.75, 3.05) is 7.05 Å². The number of guanidine groups is 1. The molecule has 6 nitrogen and oxygen atoms in total. The lowest BCUT2D eigenvalue weighted by atomic mass is 9.97. The van der Waals surface area contributed by atoms with Crippen LogP contribution in [0.15, 0.2) is 21.6 Å². The summed E-state index contributed by atoms with van der Waals surface area (Å²) in [5.74, 6) is 1.98. The van der Waals surface area contributed by atoms with Gasteiger partial charge in [0, 0.05) is 22.2 Å². The second-order valence-corrected chi connectivity index (χ2v) is 7.43. The summed E-state index contributed by atoms with van der Waals surface area (Å²) >= 11 is 1.78. The Morgan fingerprint density at radius 1 is 1.26 bits per heavy atom. The molecule has 0 aliphatic carbocycles. The van der Waals surface area contributed by atoms with Crippen LogP contribution in [0.3, 0.4) is 0 Å². The number of rotatable bonds is 4. The zero-order valence-corrected chi connectivity index (χ0v) is 17.3. The van der Waals surface area contributed by atoms with Crippen LogP contribution >= 0.6 is 35.3 Å². The number of nitrogens with zero attached hydrogens (tertiary/aromatic N) is 3. The van der Waals surface area contributed by atoms with Gasteiger partial charge in [0.15, 0.2) is 11.8 Å². The van der Waals surface area contributed by atoms with Crippen molar-refractivity contribution in [3.05, 3.63) is 33.6 Å². The van der Waals surface area contributed by atoms with Gasteiger partial charge in [-0.05, 0) is 19.1 Å². The van der Waals surface area contributed by atoms with E-state index in [0.717, 1.165) is 6.54 Å². The SMILES string of the molecule is CN=C(NCc1noc(C(C)(C)C)n1)NCc1ccc(C)s1.I. The van der Waals surface area contributed by atoms with E-state index in [1.807, 2.05) is 20.8 Å². The molecule has 0 atom stereocenters. The zero-order chi connectivity index (χ0) is 16.2. The number of aliphatic imine (C=N–C) groups is 1. The minimum Gasteiger partial charge on any atom is -0.352 e. The predicted octanol–water partition coefficient (Wildman–Crippen LogP) is 3.22. The first-order valence-electron chi connectivity index (χ1n) is 7.21. The van der Waals surface area contributed by atoms with Crippen molar-refractivity contribution < 1.29 is 4.52 Å². The van der Waals surface area contributed by atoms with Gasteiger partial charge in [-0.3, -0.25) is 4.99 Å². The molecule has 2 rings (SSSR count). The quantitative estimate of drug-likeness (QED) is 0.426. The summed E-state index contributed by atoms with van der Waals surface area (Å²) in [6.45, 7) is 9.45. The number of hydrogen-bond donors (Lipinski definition) is 2. The van der Waals surface area contributed by atoms with Gasteiger partial charge in [-0.2, -0.15) is 4.98 Å². The lowest BCUT2D eigenvalue weighted by Crippen LogP contribution is -2.36. The van der Waals surface area contributed by atoms with Gasteiger partial charge in [-0.25, -0.2) is 0 Å². The van der Waals surface area contributed by atoms with Crippen LogP contribution in [-0.2, 0) is 18.5 Å². The second-order valence-electron chi connectivity index (χ2n) is 6.06. The van der Waals surface area contributed by atoms with E-state index in [1.54, 1.807) is 18.4 Å². The first-order chi connectivity index (χ1) is 10.4. The number of nitrogens with one attached hydrogen (secondary N) is 2. The summed E-state index contributed by atoms with van der Waals surface area (Å²) in [6.07, 6.45) is 0. The monoisotopic (exact) mass is 449 g/mol. The Balaban J connectivity index is 0.00000264. The van der Waals surface area contributed by atoms with E-state index in [0.29, 0.717) is 24.2 Å². The number of aryl methyl sites for hydroxylation is 1. The molecule has 2 aromatic heterocycles. The fraction of sp³-hybridized carbons (Fsp3) is 0.533. The van der Waals surface area contributed by atoms with E-state index in [4.69, 9.17) is 4.52 Å². The molecule has 23 heavy (non-hydrogen) atoms. The molecule has 2 heterocycles. The molecule has 0 saturated carbocycles. The Morgan fingerprint density at radius 2 is 1.96 bits per heavy atom. The van der Waals surface area contributed by atoms with Gasteiger partial charge >= 0.3 is 0 Å². The van der Waals surface area contributed by atoms with Crippen LogP contribution in [0, 0.1) is 6.92 Å². The maximum Gasteiger partial charge on any atom is 0.232 e. The highest BCUT2D eigenvalue weighted by molar-refractivity contribution is 14.0. The molecule has 0 saturated heterocycles. The topological polar surface area (TPSA) is 75.3 Å². The van der Waals surface area contributed by atoms with Crippen LogP contribution < -0.4 is 10.6 Å². The fourth-order valence-electron chi connectivity index (χ4n) is 1.76. The summed E-state index contributed by atoms with van der Waals surface area (Å²) in [4.78, 5) is 11.2. The minimum atomic E-state index is -0.137. The molecule has 0 fully saturated rings. The van der Waals surface area contributed by atoms with Gasteiger partial charge in [0.1, 0.15) is 0 Å². The van der Waals surface area contributed by atoms with Crippen LogP contribution in [0.25, 0.3) is 0 Å². The molecule has 0 spiro atoms. The molecule has 2 aromatic rings. The molecule has 8 heteroatoms. The molecule has 0 radical (unpaired) electrons. The van der Waals surface area contributed by atoms with E-state index in [1.165, 1.54) is 9.75 Å². The molecule has 0 aromatic carbocycles. The van der Waals surface area contributed by atoms with Crippen LogP contribution in [0.2, 0.25) is 0 Å². The average molecular weight is 449 g/mol. The Hall–Kier alpha value is -1.16. The highest BCUT2D eigenvalue weighted by Crippen LogP contribution is 2.19. The molecule has 0 bridgehead atoms. The van der Waals surface area contributed by atoms with Crippen LogP contribution in [-0.4, -0.2) is 23.1 Å². The highest BCUT2D eigenvalue weighted by atomic mass is 127. The van der Waals surface area contributed by atoms with Gasteiger partial charge in [0.05, 0.1) is 13.1 Å². The van der Waals surface area contributed by atoms with Crippen LogP contribution in [0.4, 0.5) is 0 Å². The average Bonchev–Trinajstić information content (AvgIpc) is 3.07. The zero-order valence-electron chi connectivity index (χ0n) is 14.1. The summed E-state index contributed by atoms with van der Waals surface area (Å²) in [6, 6.07) is 4.24. The minimum absolute atomic E-state index is 0. The fourth-order valence-corrected chi connectivity index (χ4v) is 2.59. The second kappa shape index (κ2) is 8.62. The van der Waals surface area contributed by atoms with Crippen molar-refractivity contribution in [1.82, 2.24) is 20.8 Å². The lowest BCUT2D eigenvalue weighted by molar-refractivity contribution is 0.318. The first kappa shape index (κ1) is 19.9. The molecular weight excluding hydrogens is 425 g/mol. The van der Waals surface area contributed by atoms with E-state index in [2.05, 4.69) is 44.8 Å². The number of aromatic nitrogens is 2. The third-order valence-electron chi connectivity index (χ3n) is 2.97. The summed E-state index contributed by atoms with van der Waals surface area (Å²) in [5.41, 5.74) is -0.137. The van der Waals surface area contributed by atoms with E-state index < -0.39 is 0 Å². The Labute approximate surface area is 158 Å². The first-order valence-corrected chi connectivity index (χ1v) is 8.03. The van der Waals surface area contributed by atoms with Gasteiger partial charge in [0.2, 0.25) is 5.89 Å². The largest absolute Gasteiger partial charge is 0.352 e. The van der Waals surface area contributed by atoms with Crippen molar-refractivity contribution in [3.8, 4) is 0 Å². The van der Waals surface area contributed by atoms with Crippen LogP contribution in [0.1, 0.15) is 42.2 Å². The molecule has 128 valence electrons. The third kappa shape index (κ3) is 6.09. The maximum atomic E-state index is 5.27. The summed E-state index contributed by atoms with van der Waals surface area (Å²) in [5, 5.41) is 10.4. The van der Waals surface area contributed by atoms with Gasteiger partial charge in [-0.1, -0.05) is 25.9 Å². The van der Waals surface area contributed by atoms with Crippen LogP contribution in [0.5, 0.6) is 0 Å². The molecule has 0 aliphatic heterocycles. The van der Waals surface area contributed by atoms with E-state index >= 15 is 0 Å². The number of halogens is 1.